The van der Waals surface area contributed by atoms with Gasteiger partial charge in [-0.2, -0.15) is 0 Å². The second-order valence-corrected chi connectivity index (χ2v) is 6.87. The fourth-order valence-corrected chi connectivity index (χ4v) is 4.36. The van der Waals surface area contributed by atoms with Gasteiger partial charge in [0.2, 0.25) is 0 Å². The monoisotopic (exact) mass is 390 g/mol. The van der Waals surface area contributed by atoms with Gasteiger partial charge in [0.15, 0.2) is 0 Å². The first-order chi connectivity index (χ1) is 9.63. The molecular formula is C16H12Br2N2. The number of nitrogens with zero attached hydrogens (tertiary/aromatic N) is 1. The zero-order chi connectivity index (χ0) is 13.9. The van der Waals surface area contributed by atoms with Gasteiger partial charge in [0.25, 0.3) is 0 Å². The van der Waals surface area contributed by atoms with Gasteiger partial charge in [-0.3, -0.25) is 0 Å². The van der Waals surface area contributed by atoms with Crippen LogP contribution in [0.2, 0.25) is 0 Å². The first-order valence-corrected chi connectivity index (χ1v) is 8.03. The number of para-hydroxylation sites is 1. The molecule has 2 aromatic carbocycles. The lowest BCUT2D eigenvalue weighted by Gasteiger charge is -2.44. The van der Waals surface area contributed by atoms with Crippen molar-refractivity contribution in [2.24, 2.45) is 0 Å². The normalized spacial score (nSPS) is 22.6. The van der Waals surface area contributed by atoms with E-state index in [4.69, 9.17) is 0 Å². The Kier molecular flexibility index (Phi) is 2.57. The Balaban J connectivity index is 2.13. The molecule has 0 spiro atoms. The fraction of sp³-hybridized carbons (Fsp3) is 0.125. The van der Waals surface area contributed by atoms with Crippen LogP contribution in [-0.2, 0) is 5.66 Å². The SMILES string of the molecule is C[C@]12NC=C(Br)N1c1c(Br)cccc1-c1ccccc12. The van der Waals surface area contributed by atoms with Crippen LogP contribution < -0.4 is 10.2 Å². The molecule has 0 fully saturated rings. The molecule has 0 radical (unpaired) electrons. The van der Waals surface area contributed by atoms with Crippen molar-refractivity contribution in [2.45, 2.75) is 12.6 Å². The summed E-state index contributed by atoms with van der Waals surface area (Å²) in [6, 6.07) is 14.9. The molecule has 2 aliphatic heterocycles. The predicted molar refractivity (Wildman–Crippen MR) is 89.6 cm³/mol. The summed E-state index contributed by atoms with van der Waals surface area (Å²) in [6.07, 6.45) is 2.02. The molecule has 1 atom stereocenters. The molecule has 0 bridgehead atoms. The summed E-state index contributed by atoms with van der Waals surface area (Å²) in [7, 11) is 0. The van der Waals surface area contributed by atoms with E-state index in [1.165, 1.54) is 22.4 Å². The van der Waals surface area contributed by atoms with Gasteiger partial charge < -0.3 is 10.2 Å². The lowest BCUT2D eigenvalue weighted by Crippen LogP contribution is -2.49. The number of nitrogens with one attached hydrogen (secondary N) is 1. The second-order valence-electron chi connectivity index (χ2n) is 5.20. The number of hydrogen-bond donors (Lipinski definition) is 1. The number of rotatable bonds is 0. The Hall–Kier alpha value is -1.26. The average Bonchev–Trinajstić information content (AvgIpc) is 2.77. The maximum atomic E-state index is 3.70. The Morgan fingerprint density at radius 1 is 1.00 bits per heavy atom. The van der Waals surface area contributed by atoms with Crippen LogP contribution in [0, 0.1) is 0 Å². The van der Waals surface area contributed by atoms with E-state index in [9.17, 15) is 0 Å². The average molecular weight is 392 g/mol. The van der Waals surface area contributed by atoms with Gasteiger partial charge in [-0.15, -0.1) is 0 Å². The van der Waals surface area contributed by atoms with E-state index >= 15 is 0 Å². The van der Waals surface area contributed by atoms with Crippen LogP contribution in [0.15, 0.2) is 57.7 Å². The van der Waals surface area contributed by atoms with Crippen molar-refractivity contribution < 1.29 is 0 Å². The van der Waals surface area contributed by atoms with E-state index in [2.05, 4.69) is 91.5 Å². The van der Waals surface area contributed by atoms with Crippen molar-refractivity contribution in [1.82, 2.24) is 5.32 Å². The van der Waals surface area contributed by atoms with Crippen molar-refractivity contribution >= 4 is 37.5 Å². The quantitative estimate of drug-likeness (QED) is 0.642. The Morgan fingerprint density at radius 3 is 2.60 bits per heavy atom. The molecule has 0 aliphatic carbocycles. The highest BCUT2D eigenvalue weighted by Gasteiger charge is 2.45. The van der Waals surface area contributed by atoms with Crippen molar-refractivity contribution in [3.8, 4) is 11.1 Å². The van der Waals surface area contributed by atoms with Gasteiger partial charge in [-0.1, -0.05) is 36.4 Å². The molecule has 4 heteroatoms. The molecule has 0 saturated heterocycles. The summed E-state index contributed by atoms with van der Waals surface area (Å²) in [6.45, 7) is 2.21. The van der Waals surface area contributed by atoms with Crippen molar-refractivity contribution in [1.29, 1.82) is 0 Å². The van der Waals surface area contributed by atoms with Crippen LogP contribution in [0.25, 0.3) is 11.1 Å². The Labute approximate surface area is 134 Å². The fourth-order valence-electron chi connectivity index (χ4n) is 3.17. The summed E-state index contributed by atoms with van der Waals surface area (Å²) in [5.74, 6) is 0. The summed E-state index contributed by atoms with van der Waals surface area (Å²) in [5.41, 5.74) is 4.76. The molecule has 1 N–H and O–H groups in total. The lowest BCUT2D eigenvalue weighted by atomic mass is 9.85. The van der Waals surface area contributed by atoms with Gasteiger partial charge in [-0.25, -0.2) is 0 Å². The highest BCUT2D eigenvalue weighted by molar-refractivity contribution is 9.11. The van der Waals surface area contributed by atoms with E-state index in [1.54, 1.807) is 0 Å². The predicted octanol–water partition coefficient (Wildman–Crippen LogP) is 4.91. The van der Waals surface area contributed by atoms with Crippen LogP contribution in [-0.4, -0.2) is 0 Å². The molecule has 0 saturated carbocycles. The molecule has 4 rings (SSSR count). The minimum atomic E-state index is -0.258. The summed E-state index contributed by atoms with van der Waals surface area (Å²) in [4.78, 5) is 2.30. The lowest BCUT2D eigenvalue weighted by molar-refractivity contribution is 0.446. The minimum absolute atomic E-state index is 0.258. The van der Waals surface area contributed by atoms with E-state index < -0.39 is 0 Å². The third-order valence-electron chi connectivity index (χ3n) is 4.09. The van der Waals surface area contributed by atoms with E-state index in [-0.39, 0.29) is 5.66 Å². The molecule has 0 amide bonds. The van der Waals surface area contributed by atoms with Crippen molar-refractivity contribution in [3.05, 3.63) is 63.3 Å². The Morgan fingerprint density at radius 2 is 1.75 bits per heavy atom. The summed E-state index contributed by atoms with van der Waals surface area (Å²) in [5, 5.41) is 3.51. The van der Waals surface area contributed by atoms with Crippen LogP contribution in [0.5, 0.6) is 0 Å². The van der Waals surface area contributed by atoms with Crippen LogP contribution in [0.1, 0.15) is 12.5 Å². The largest absolute Gasteiger partial charge is 0.363 e. The molecule has 100 valence electrons. The zero-order valence-corrected chi connectivity index (χ0v) is 14.0. The van der Waals surface area contributed by atoms with Crippen LogP contribution in [0.3, 0.4) is 0 Å². The first kappa shape index (κ1) is 12.5. The molecule has 20 heavy (non-hydrogen) atoms. The third kappa shape index (κ3) is 1.44. The number of halogens is 2. The molecule has 2 nitrogen and oxygen atoms in total. The molecule has 2 aromatic rings. The number of anilines is 1. The van der Waals surface area contributed by atoms with Gasteiger partial charge in [0.1, 0.15) is 10.3 Å². The summed E-state index contributed by atoms with van der Waals surface area (Å²) >= 11 is 7.38. The van der Waals surface area contributed by atoms with Gasteiger partial charge in [-0.05, 0) is 50.4 Å². The molecule has 0 aromatic heterocycles. The maximum Gasteiger partial charge on any atom is 0.139 e. The topological polar surface area (TPSA) is 15.3 Å². The highest BCUT2D eigenvalue weighted by atomic mass is 79.9. The molecule has 2 aliphatic rings. The minimum Gasteiger partial charge on any atom is -0.363 e. The number of benzene rings is 2. The van der Waals surface area contributed by atoms with E-state index in [0.29, 0.717) is 0 Å². The van der Waals surface area contributed by atoms with Crippen LogP contribution in [0.4, 0.5) is 5.69 Å². The summed E-state index contributed by atoms with van der Waals surface area (Å²) < 4.78 is 2.15. The standard InChI is InChI=1S/C16H12Br2N2/c1-16-12-7-3-2-5-10(12)11-6-4-8-13(17)15(11)20(16)14(18)9-19-16/h2-9,19H,1H3/t16-/m0/s1. The van der Waals surface area contributed by atoms with E-state index in [0.717, 1.165) is 9.08 Å². The van der Waals surface area contributed by atoms with Crippen LogP contribution >= 0.6 is 31.9 Å². The molecular weight excluding hydrogens is 380 g/mol. The Bertz CT molecular complexity index is 754. The number of hydrogen-bond acceptors (Lipinski definition) is 2. The van der Waals surface area contributed by atoms with Gasteiger partial charge in [0.05, 0.1) is 5.69 Å². The first-order valence-electron chi connectivity index (χ1n) is 6.45. The maximum absolute atomic E-state index is 3.70. The van der Waals surface area contributed by atoms with Crippen molar-refractivity contribution in [3.63, 3.8) is 0 Å². The second kappa shape index (κ2) is 4.12. The highest BCUT2D eigenvalue weighted by Crippen LogP contribution is 2.53. The molecule has 2 heterocycles. The third-order valence-corrected chi connectivity index (χ3v) is 5.31. The smallest absolute Gasteiger partial charge is 0.139 e. The van der Waals surface area contributed by atoms with E-state index in [1.807, 2.05) is 6.20 Å². The zero-order valence-electron chi connectivity index (χ0n) is 10.8. The van der Waals surface area contributed by atoms with Gasteiger partial charge in [0, 0.05) is 21.8 Å². The van der Waals surface area contributed by atoms with Crippen molar-refractivity contribution in [2.75, 3.05) is 4.90 Å². The number of fused-ring (bicyclic) bond motifs is 6. The molecule has 0 unspecified atom stereocenters. The van der Waals surface area contributed by atoms with Gasteiger partial charge >= 0.3 is 0 Å².